The predicted octanol–water partition coefficient (Wildman–Crippen LogP) is 2.45. The highest BCUT2D eigenvalue weighted by atomic mass is 32.1. The molecule has 2 aromatic heterocycles. The molecule has 0 radical (unpaired) electrons. The molecule has 3 fully saturated rings. The quantitative estimate of drug-likeness (QED) is 0.786. The summed E-state index contributed by atoms with van der Waals surface area (Å²) in [5, 5.41) is 10.6. The van der Waals surface area contributed by atoms with Gasteiger partial charge >= 0.3 is 0 Å². The zero-order chi connectivity index (χ0) is 16.9. The molecule has 0 aromatic carbocycles. The second-order valence-corrected chi connectivity index (χ2v) is 8.13. The summed E-state index contributed by atoms with van der Waals surface area (Å²) >= 11 is 1.62. The molecule has 0 unspecified atom stereocenters. The van der Waals surface area contributed by atoms with Crippen LogP contribution >= 0.6 is 11.3 Å². The second kappa shape index (κ2) is 5.78. The molecule has 2 saturated heterocycles. The Morgan fingerprint density at radius 2 is 2.32 bits per heavy atom. The number of hydrogen-bond donors (Lipinski definition) is 0. The number of aromatic nitrogens is 2. The molecule has 25 heavy (non-hydrogen) atoms. The van der Waals surface area contributed by atoms with E-state index in [0.717, 1.165) is 23.6 Å². The Kier molecular flexibility index (Phi) is 3.53. The van der Waals surface area contributed by atoms with Gasteiger partial charge in [-0.05, 0) is 30.4 Å². The average molecular weight is 357 g/mol. The van der Waals surface area contributed by atoms with Gasteiger partial charge < -0.3 is 14.1 Å². The molecule has 0 spiro atoms. The van der Waals surface area contributed by atoms with Crippen molar-refractivity contribution in [1.82, 2.24) is 15.1 Å². The van der Waals surface area contributed by atoms with E-state index in [-0.39, 0.29) is 17.2 Å². The van der Waals surface area contributed by atoms with Crippen LogP contribution < -0.4 is 0 Å². The summed E-state index contributed by atoms with van der Waals surface area (Å²) in [7, 11) is 0. The number of amides is 1. The zero-order valence-corrected chi connectivity index (χ0v) is 14.6. The van der Waals surface area contributed by atoms with Gasteiger partial charge in [-0.15, -0.1) is 21.5 Å². The largest absolute Gasteiger partial charge is 0.424 e. The molecule has 0 N–H and O–H groups in total. The monoisotopic (exact) mass is 357 g/mol. The van der Waals surface area contributed by atoms with E-state index in [1.54, 1.807) is 17.4 Å². The van der Waals surface area contributed by atoms with Crippen LogP contribution in [0, 0.1) is 5.92 Å². The number of hydrogen-bond acceptors (Lipinski definition) is 6. The minimum atomic E-state index is -0.341. The molecular weight excluding hydrogens is 338 g/mol. The Balaban J connectivity index is 1.36. The molecule has 2 atom stereocenters. The molecule has 7 heteroatoms. The maximum Gasteiger partial charge on any atom is 0.246 e. The van der Waals surface area contributed by atoms with Gasteiger partial charge in [-0.25, -0.2) is 0 Å². The normalized spacial score (nSPS) is 28.8. The summed E-state index contributed by atoms with van der Waals surface area (Å²) in [6.07, 6.45) is 5.80. The Morgan fingerprint density at radius 1 is 1.40 bits per heavy atom. The van der Waals surface area contributed by atoms with Crippen LogP contribution in [0.3, 0.4) is 0 Å². The summed E-state index contributed by atoms with van der Waals surface area (Å²) in [5.74, 6) is 2.08. The van der Waals surface area contributed by atoms with Crippen molar-refractivity contribution < 1.29 is 13.9 Å². The van der Waals surface area contributed by atoms with Gasteiger partial charge in [0.15, 0.2) is 0 Å². The number of carbonyl (C=O) groups excluding carboxylic acids is 1. The number of nitrogens with zero attached hydrogens (tertiary/aromatic N) is 3. The first-order valence-electron chi connectivity index (χ1n) is 8.67. The van der Waals surface area contributed by atoms with Gasteiger partial charge in [0.1, 0.15) is 0 Å². The van der Waals surface area contributed by atoms with Gasteiger partial charge in [0.05, 0.1) is 18.6 Å². The fourth-order valence-electron chi connectivity index (χ4n) is 3.78. The van der Waals surface area contributed by atoms with Gasteiger partial charge in [0.2, 0.25) is 17.7 Å². The molecule has 3 aliphatic rings. The third-order valence-electron chi connectivity index (χ3n) is 5.41. The lowest BCUT2D eigenvalue weighted by atomic mass is 9.81. The number of carbonyl (C=O) groups is 1. The summed E-state index contributed by atoms with van der Waals surface area (Å²) in [5.41, 5.74) is -0.341. The second-order valence-electron chi connectivity index (χ2n) is 7.16. The highest BCUT2D eigenvalue weighted by Crippen LogP contribution is 2.45. The highest BCUT2D eigenvalue weighted by molar-refractivity contribution is 7.10. The molecular formula is C18H19N3O3S. The SMILES string of the molecule is O=C(/C=C/c1cccs1)N1C[C@H]2COC[C@@]2(c2nnc(C3CC3)o2)C1. The molecule has 6 nitrogen and oxygen atoms in total. The van der Waals surface area contributed by atoms with Gasteiger partial charge in [0.25, 0.3) is 0 Å². The van der Waals surface area contributed by atoms with Gasteiger partial charge in [-0.2, -0.15) is 0 Å². The molecule has 130 valence electrons. The van der Waals surface area contributed by atoms with Gasteiger partial charge in [-0.3, -0.25) is 4.79 Å². The number of likely N-dealkylation sites (tertiary alicyclic amines) is 1. The molecule has 1 amide bonds. The maximum absolute atomic E-state index is 12.6. The van der Waals surface area contributed by atoms with Crippen molar-refractivity contribution in [3.05, 3.63) is 40.2 Å². The summed E-state index contributed by atoms with van der Waals surface area (Å²) in [6.45, 7) is 2.44. The van der Waals surface area contributed by atoms with E-state index in [0.29, 0.717) is 38.1 Å². The Labute approximate surface area is 149 Å². The smallest absolute Gasteiger partial charge is 0.246 e. The van der Waals surface area contributed by atoms with Crippen molar-refractivity contribution in [1.29, 1.82) is 0 Å². The maximum atomic E-state index is 12.6. The van der Waals surface area contributed by atoms with E-state index in [9.17, 15) is 4.79 Å². The van der Waals surface area contributed by atoms with Crippen LogP contribution in [0.15, 0.2) is 28.0 Å². The van der Waals surface area contributed by atoms with E-state index in [1.807, 2.05) is 28.5 Å². The molecule has 2 aliphatic heterocycles. The first kappa shape index (κ1) is 15.3. The molecule has 0 bridgehead atoms. The predicted molar refractivity (Wildman–Crippen MR) is 92.2 cm³/mol. The van der Waals surface area contributed by atoms with Crippen LogP contribution in [0.25, 0.3) is 6.08 Å². The minimum Gasteiger partial charge on any atom is -0.424 e. The lowest BCUT2D eigenvalue weighted by Crippen LogP contribution is -2.37. The highest BCUT2D eigenvalue weighted by Gasteiger charge is 2.56. The molecule has 5 rings (SSSR count). The number of thiophene rings is 1. The van der Waals surface area contributed by atoms with E-state index in [4.69, 9.17) is 9.15 Å². The van der Waals surface area contributed by atoms with Crippen LogP contribution in [-0.4, -0.2) is 47.3 Å². The Bertz CT molecular complexity index is 811. The van der Waals surface area contributed by atoms with E-state index in [2.05, 4.69) is 10.2 Å². The molecule has 2 aromatic rings. The molecule has 1 saturated carbocycles. The van der Waals surface area contributed by atoms with Crippen LogP contribution in [0.4, 0.5) is 0 Å². The first-order chi connectivity index (χ1) is 12.2. The van der Waals surface area contributed by atoms with Crippen molar-refractivity contribution in [2.75, 3.05) is 26.3 Å². The summed E-state index contributed by atoms with van der Waals surface area (Å²) in [6, 6.07) is 3.98. The van der Waals surface area contributed by atoms with Crippen molar-refractivity contribution in [3.63, 3.8) is 0 Å². The van der Waals surface area contributed by atoms with Crippen LogP contribution in [0.2, 0.25) is 0 Å². The lowest BCUT2D eigenvalue weighted by molar-refractivity contribution is -0.125. The van der Waals surface area contributed by atoms with Crippen molar-refractivity contribution >= 4 is 23.3 Å². The molecule has 1 aliphatic carbocycles. The lowest BCUT2D eigenvalue weighted by Gasteiger charge is -2.22. The Hall–Kier alpha value is -1.99. The standard InChI is InChI=1S/C18H19N3O3S/c22-15(6-5-14-2-1-7-25-14)21-8-13-9-23-11-18(13,10-21)17-20-19-16(24-17)12-3-4-12/h1-2,5-7,12-13H,3-4,8-11H2/b6-5+/t13-,18-/m0/s1. The third kappa shape index (κ3) is 2.62. The fraction of sp³-hybridized carbons (Fsp3) is 0.500. The average Bonchev–Trinajstić information content (AvgIpc) is 3.07. The van der Waals surface area contributed by atoms with E-state index in [1.165, 1.54) is 0 Å². The number of ether oxygens (including phenoxy) is 1. The van der Waals surface area contributed by atoms with Crippen molar-refractivity contribution in [3.8, 4) is 0 Å². The number of fused-ring (bicyclic) bond motifs is 1. The third-order valence-corrected chi connectivity index (χ3v) is 6.25. The van der Waals surface area contributed by atoms with E-state index >= 15 is 0 Å². The van der Waals surface area contributed by atoms with Crippen LogP contribution in [0.5, 0.6) is 0 Å². The van der Waals surface area contributed by atoms with Crippen LogP contribution in [-0.2, 0) is 14.9 Å². The van der Waals surface area contributed by atoms with Crippen molar-refractivity contribution in [2.24, 2.45) is 5.92 Å². The first-order valence-corrected chi connectivity index (χ1v) is 9.55. The van der Waals surface area contributed by atoms with Crippen molar-refractivity contribution in [2.45, 2.75) is 24.2 Å². The van der Waals surface area contributed by atoms with E-state index < -0.39 is 0 Å². The zero-order valence-electron chi connectivity index (χ0n) is 13.8. The van der Waals surface area contributed by atoms with Crippen LogP contribution in [0.1, 0.15) is 35.4 Å². The van der Waals surface area contributed by atoms with Gasteiger partial charge in [0, 0.05) is 35.9 Å². The Morgan fingerprint density at radius 3 is 3.12 bits per heavy atom. The summed E-state index contributed by atoms with van der Waals surface area (Å²) < 4.78 is 11.7. The topological polar surface area (TPSA) is 68.5 Å². The minimum absolute atomic E-state index is 0.0316. The fourth-order valence-corrected chi connectivity index (χ4v) is 4.40. The van der Waals surface area contributed by atoms with Gasteiger partial charge in [-0.1, -0.05) is 6.07 Å². The molecule has 4 heterocycles. The number of rotatable bonds is 4. The summed E-state index contributed by atoms with van der Waals surface area (Å²) in [4.78, 5) is 15.6.